The molecule has 0 bridgehead atoms. The van der Waals surface area contributed by atoms with Gasteiger partial charge in [-0.05, 0) is 20.8 Å². The van der Waals surface area contributed by atoms with Gasteiger partial charge in [-0.25, -0.2) is 13.6 Å². The third-order valence-corrected chi connectivity index (χ3v) is 0.866. The fourth-order valence-electron chi connectivity index (χ4n) is 0.505. The quantitative estimate of drug-likeness (QED) is 0.501. The number of carbonyl (C=O) groups is 1. The number of carbonyl (C=O) groups excluding carboxylic acids is 1. The molecule has 0 aliphatic heterocycles. The Labute approximate surface area is 74.4 Å². The minimum absolute atomic E-state index is 0.0892. The zero-order valence-electron chi connectivity index (χ0n) is 7.61. The van der Waals surface area contributed by atoms with Crippen LogP contribution in [0.1, 0.15) is 20.8 Å². The van der Waals surface area contributed by atoms with Crippen LogP contribution in [0.5, 0.6) is 0 Å². The van der Waals surface area contributed by atoms with Gasteiger partial charge in [0.25, 0.3) is 6.43 Å². The van der Waals surface area contributed by atoms with E-state index in [-0.39, 0.29) is 6.08 Å². The maximum absolute atomic E-state index is 12.5. The van der Waals surface area contributed by atoms with E-state index in [1.54, 1.807) is 0 Å². The summed E-state index contributed by atoms with van der Waals surface area (Å²) < 4.78 is 40.1. The van der Waals surface area contributed by atoms with Crippen LogP contribution in [0.15, 0.2) is 11.9 Å². The van der Waals surface area contributed by atoms with Gasteiger partial charge in [-0.2, -0.15) is 4.39 Å². The lowest BCUT2D eigenvalue weighted by atomic mass is 10.2. The Morgan fingerprint density at radius 2 is 1.85 bits per heavy atom. The molecule has 0 aliphatic rings. The van der Waals surface area contributed by atoms with Gasteiger partial charge in [0.15, 0.2) is 0 Å². The maximum Gasteiger partial charge on any atom is 0.367 e. The summed E-state index contributed by atoms with van der Waals surface area (Å²) in [4.78, 5) is 10.7. The largest absolute Gasteiger partial charge is 0.455 e. The Hall–Kier alpha value is -1.00. The third-order valence-electron chi connectivity index (χ3n) is 0.866. The number of hydrogen-bond acceptors (Lipinski definition) is 2. The Kier molecular flexibility index (Phi) is 3.97. The number of alkyl halides is 2. The summed E-state index contributed by atoms with van der Waals surface area (Å²) in [6.45, 7) is 4.54. The molecule has 5 heteroatoms. The summed E-state index contributed by atoms with van der Waals surface area (Å²) in [6.07, 6.45) is -3.08. The van der Waals surface area contributed by atoms with Crippen LogP contribution in [0, 0.1) is 0 Å². The molecular formula is C8H11F3O2. The first-order valence-electron chi connectivity index (χ1n) is 3.61. The van der Waals surface area contributed by atoms with E-state index in [2.05, 4.69) is 4.74 Å². The molecule has 0 atom stereocenters. The summed E-state index contributed by atoms with van der Waals surface area (Å²) in [6, 6.07) is 0. The zero-order valence-corrected chi connectivity index (χ0v) is 7.61. The highest BCUT2D eigenvalue weighted by molar-refractivity contribution is 5.86. The molecule has 0 rings (SSSR count). The lowest BCUT2D eigenvalue weighted by Crippen LogP contribution is -2.24. The van der Waals surface area contributed by atoms with Crippen molar-refractivity contribution in [3.8, 4) is 0 Å². The molecule has 0 N–H and O–H groups in total. The average Bonchev–Trinajstić information content (AvgIpc) is 1.81. The third kappa shape index (κ3) is 6.19. The highest BCUT2D eigenvalue weighted by atomic mass is 19.3. The van der Waals surface area contributed by atoms with E-state index < -0.39 is 23.8 Å². The highest BCUT2D eigenvalue weighted by Crippen LogP contribution is 2.12. The molecular weight excluding hydrogens is 185 g/mol. The van der Waals surface area contributed by atoms with Crippen LogP contribution >= 0.6 is 0 Å². The van der Waals surface area contributed by atoms with Gasteiger partial charge in [0.2, 0.25) is 5.83 Å². The lowest BCUT2D eigenvalue weighted by Gasteiger charge is -2.18. The molecule has 0 aromatic carbocycles. The van der Waals surface area contributed by atoms with E-state index in [4.69, 9.17) is 0 Å². The summed E-state index contributed by atoms with van der Waals surface area (Å²) in [5, 5.41) is 0. The van der Waals surface area contributed by atoms with E-state index in [1.807, 2.05) is 0 Å². The number of allylic oxidation sites excluding steroid dienone is 1. The van der Waals surface area contributed by atoms with Crippen molar-refractivity contribution in [1.82, 2.24) is 0 Å². The number of rotatable bonds is 2. The first-order chi connectivity index (χ1) is 5.72. The normalized spacial score (nSPS) is 13.3. The van der Waals surface area contributed by atoms with E-state index >= 15 is 0 Å². The second-order valence-electron chi connectivity index (χ2n) is 3.35. The fraction of sp³-hybridized carbons (Fsp3) is 0.625. The minimum atomic E-state index is -2.99. The average molecular weight is 196 g/mol. The van der Waals surface area contributed by atoms with Crippen molar-refractivity contribution in [2.24, 2.45) is 0 Å². The van der Waals surface area contributed by atoms with Crippen molar-refractivity contribution in [3.63, 3.8) is 0 Å². The molecule has 0 unspecified atom stereocenters. The van der Waals surface area contributed by atoms with Crippen LogP contribution in [0.3, 0.4) is 0 Å². The van der Waals surface area contributed by atoms with E-state index in [1.165, 1.54) is 20.8 Å². The van der Waals surface area contributed by atoms with Crippen molar-refractivity contribution >= 4 is 5.97 Å². The molecule has 13 heavy (non-hydrogen) atoms. The Morgan fingerprint density at radius 3 is 2.15 bits per heavy atom. The summed E-state index contributed by atoms with van der Waals surface area (Å²) in [7, 11) is 0. The SMILES string of the molecule is CC(C)(C)OC(=O)C(F)=CC(F)F. The predicted molar refractivity (Wildman–Crippen MR) is 41.0 cm³/mol. The van der Waals surface area contributed by atoms with Crippen molar-refractivity contribution < 1.29 is 22.7 Å². The minimum Gasteiger partial charge on any atom is -0.455 e. The summed E-state index contributed by atoms with van der Waals surface area (Å²) in [5.41, 5.74) is -0.885. The summed E-state index contributed by atoms with van der Waals surface area (Å²) in [5.74, 6) is -2.93. The Bertz CT molecular complexity index is 216. The van der Waals surface area contributed by atoms with Crippen LogP contribution in [-0.4, -0.2) is 18.0 Å². The van der Waals surface area contributed by atoms with Crippen LogP contribution in [0.2, 0.25) is 0 Å². The summed E-state index contributed by atoms with van der Waals surface area (Å²) >= 11 is 0. The molecule has 0 saturated heterocycles. The van der Waals surface area contributed by atoms with Gasteiger partial charge in [-0.3, -0.25) is 0 Å². The number of esters is 1. The van der Waals surface area contributed by atoms with Crippen LogP contribution < -0.4 is 0 Å². The first kappa shape index (κ1) is 12.0. The molecule has 2 nitrogen and oxygen atoms in total. The van der Waals surface area contributed by atoms with Gasteiger partial charge >= 0.3 is 5.97 Å². The van der Waals surface area contributed by atoms with Crippen LogP contribution in [0.25, 0.3) is 0 Å². The molecule has 76 valence electrons. The predicted octanol–water partition coefficient (Wildman–Crippen LogP) is 2.45. The molecule has 0 fully saturated rings. The molecule has 0 saturated carbocycles. The Balaban J connectivity index is 4.29. The van der Waals surface area contributed by atoms with E-state index in [0.717, 1.165) is 0 Å². The van der Waals surface area contributed by atoms with Gasteiger partial charge in [-0.15, -0.1) is 0 Å². The smallest absolute Gasteiger partial charge is 0.367 e. The van der Waals surface area contributed by atoms with E-state index in [0.29, 0.717) is 0 Å². The second-order valence-corrected chi connectivity index (χ2v) is 3.35. The van der Waals surface area contributed by atoms with Crippen LogP contribution in [-0.2, 0) is 9.53 Å². The van der Waals surface area contributed by atoms with Gasteiger partial charge in [0.1, 0.15) is 5.60 Å². The lowest BCUT2D eigenvalue weighted by molar-refractivity contribution is -0.151. The zero-order chi connectivity index (χ0) is 10.6. The highest BCUT2D eigenvalue weighted by Gasteiger charge is 2.20. The number of ether oxygens (including phenoxy) is 1. The standard InChI is InChI=1S/C8H11F3O2/c1-8(2,3)13-7(12)5(9)4-6(10)11/h4,6H,1-3H3. The van der Waals surface area contributed by atoms with Gasteiger partial charge in [0.05, 0.1) is 0 Å². The fourth-order valence-corrected chi connectivity index (χ4v) is 0.505. The molecule has 0 aromatic heterocycles. The first-order valence-corrected chi connectivity index (χ1v) is 3.61. The molecule has 0 radical (unpaired) electrons. The van der Waals surface area contributed by atoms with Crippen molar-refractivity contribution in [3.05, 3.63) is 11.9 Å². The van der Waals surface area contributed by atoms with Crippen LogP contribution in [0.4, 0.5) is 13.2 Å². The second kappa shape index (κ2) is 4.30. The van der Waals surface area contributed by atoms with Crippen molar-refractivity contribution in [1.29, 1.82) is 0 Å². The molecule has 0 heterocycles. The van der Waals surface area contributed by atoms with Gasteiger partial charge < -0.3 is 4.74 Å². The van der Waals surface area contributed by atoms with E-state index in [9.17, 15) is 18.0 Å². The van der Waals surface area contributed by atoms with Crippen molar-refractivity contribution in [2.45, 2.75) is 32.8 Å². The number of halogens is 3. The van der Waals surface area contributed by atoms with Gasteiger partial charge in [-0.1, -0.05) is 0 Å². The molecule has 0 aromatic rings. The van der Waals surface area contributed by atoms with Gasteiger partial charge in [0, 0.05) is 6.08 Å². The molecule has 0 spiro atoms. The Morgan fingerprint density at radius 1 is 1.38 bits per heavy atom. The monoisotopic (exact) mass is 196 g/mol. The van der Waals surface area contributed by atoms with Crippen molar-refractivity contribution in [2.75, 3.05) is 0 Å². The molecule has 0 amide bonds. The number of hydrogen-bond donors (Lipinski definition) is 0. The maximum atomic E-state index is 12.5. The molecule has 0 aliphatic carbocycles. The topological polar surface area (TPSA) is 26.3 Å².